The molecule has 1 aliphatic rings. The van der Waals surface area contributed by atoms with E-state index in [2.05, 4.69) is 67.8 Å². The number of amides is 1. The van der Waals surface area contributed by atoms with Gasteiger partial charge < -0.3 is 50.5 Å². The quantitative estimate of drug-likeness (QED) is 0.0215. The highest BCUT2D eigenvalue weighted by Crippen LogP contribution is 2.24. The number of hydrogen-bond donors (Lipinski definition) is 8. The minimum Gasteiger partial charge on any atom is -0.394 e. The second-order valence-electron chi connectivity index (χ2n) is 26.7. The summed E-state index contributed by atoms with van der Waals surface area (Å²) < 4.78 is 11.2. The van der Waals surface area contributed by atoms with E-state index in [-0.39, 0.29) is 12.8 Å². The molecular formula is C77H145NO10. The highest BCUT2D eigenvalue weighted by Gasteiger charge is 2.44. The first kappa shape index (κ1) is 84.1. The van der Waals surface area contributed by atoms with Gasteiger partial charge in [0.25, 0.3) is 0 Å². The van der Waals surface area contributed by atoms with Crippen molar-refractivity contribution in [1.82, 2.24) is 5.32 Å². The number of nitrogens with one attached hydrogen (secondary N) is 1. The smallest absolute Gasteiger partial charge is 0.249 e. The third-order valence-corrected chi connectivity index (χ3v) is 18.3. The van der Waals surface area contributed by atoms with Gasteiger partial charge in [-0.3, -0.25) is 4.79 Å². The van der Waals surface area contributed by atoms with Crippen LogP contribution in [0.15, 0.2) is 48.6 Å². The number of rotatable bonds is 67. The molecule has 0 aliphatic carbocycles. The molecule has 1 heterocycles. The Morgan fingerprint density at radius 1 is 0.398 bits per heavy atom. The van der Waals surface area contributed by atoms with Gasteiger partial charge in [-0.1, -0.05) is 332 Å². The molecule has 0 spiro atoms. The van der Waals surface area contributed by atoms with Crippen LogP contribution in [-0.2, 0) is 14.3 Å². The Kier molecular flexibility index (Phi) is 62.2. The molecule has 0 saturated carbocycles. The second-order valence-corrected chi connectivity index (χ2v) is 26.7. The molecule has 1 saturated heterocycles. The minimum absolute atomic E-state index is 0.247. The normalized spacial score (nSPS) is 18.9. The number of allylic oxidation sites excluding steroid dienone is 8. The van der Waals surface area contributed by atoms with Crippen LogP contribution in [0.3, 0.4) is 0 Å². The maximum atomic E-state index is 13.3. The molecule has 1 rings (SSSR count). The molecule has 1 amide bonds. The number of carbonyl (C=O) groups excluding carboxylic acids is 1. The van der Waals surface area contributed by atoms with E-state index in [1.54, 1.807) is 0 Å². The molecule has 11 nitrogen and oxygen atoms in total. The number of hydrogen-bond acceptors (Lipinski definition) is 10. The van der Waals surface area contributed by atoms with Crippen LogP contribution in [0.25, 0.3) is 0 Å². The van der Waals surface area contributed by atoms with Crippen molar-refractivity contribution in [2.24, 2.45) is 0 Å². The molecule has 8 N–H and O–H groups in total. The van der Waals surface area contributed by atoms with Gasteiger partial charge in [-0.05, 0) is 83.5 Å². The van der Waals surface area contributed by atoms with E-state index in [1.807, 2.05) is 0 Å². The van der Waals surface area contributed by atoms with Crippen LogP contribution in [0, 0.1) is 0 Å². The van der Waals surface area contributed by atoms with Gasteiger partial charge in [0.05, 0.1) is 25.4 Å². The van der Waals surface area contributed by atoms with Crippen molar-refractivity contribution in [3.8, 4) is 0 Å². The van der Waals surface area contributed by atoms with E-state index in [9.17, 15) is 40.5 Å². The van der Waals surface area contributed by atoms with Crippen LogP contribution < -0.4 is 5.32 Å². The largest absolute Gasteiger partial charge is 0.394 e. The molecule has 0 bridgehead atoms. The lowest BCUT2D eigenvalue weighted by Gasteiger charge is -2.40. The first-order valence-electron chi connectivity index (χ1n) is 38.0. The van der Waals surface area contributed by atoms with Gasteiger partial charge >= 0.3 is 0 Å². The topological polar surface area (TPSA) is 189 Å². The van der Waals surface area contributed by atoms with E-state index in [1.165, 1.54) is 276 Å². The molecular weight excluding hydrogens is 1100 g/mol. The Morgan fingerprint density at radius 3 is 1.08 bits per heavy atom. The van der Waals surface area contributed by atoms with Crippen LogP contribution in [0.2, 0.25) is 0 Å². The van der Waals surface area contributed by atoms with Gasteiger partial charge in [-0.25, -0.2) is 0 Å². The van der Waals surface area contributed by atoms with Crippen molar-refractivity contribution in [3.05, 3.63) is 48.6 Å². The van der Waals surface area contributed by atoms with Crippen LogP contribution in [0.5, 0.6) is 0 Å². The average molecular weight is 1250 g/mol. The lowest BCUT2D eigenvalue weighted by Crippen LogP contribution is -2.60. The van der Waals surface area contributed by atoms with Gasteiger partial charge in [-0.15, -0.1) is 0 Å². The zero-order chi connectivity index (χ0) is 63.9. The molecule has 9 atom stereocenters. The Bertz CT molecular complexity index is 1570. The van der Waals surface area contributed by atoms with Gasteiger partial charge in [0.1, 0.15) is 36.6 Å². The van der Waals surface area contributed by atoms with E-state index in [4.69, 9.17) is 9.47 Å². The van der Waals surface area contributed by atoms with Crippen molar-refractivity contribution >= 4 is 5.91 Å². The summed E-state index contributed by atoms with van der Waals surface area (Å²) in [6.07, 6.45) is 75.1. The number of ether oxygens (including phenoxy) is 2. The van der Waals surface area contributed by atoms with Gasteiger partial charge in [0.15, 0.2) is 6.29 Å². The highest BCUT2D eigenvalue weighted by molar-refractivity contribution is 5.80. The fraction of sp³-hybridized carbons (Fsp3) is 0.883. The highest BCUT2D eigenvalue weighted by atomic mass is 16.7. The summed E-state index contributed by atoms with van der Waals surface area (Å²) in [4.78, 5) is 13.3. The Labute approximate surface area is 542 Å². The SMILES string of the molecule is CCCCCCCCCCCCCCC/C=C\C/C=C\CCCCCCCCCCCCCCCCCCC(O)C(=O)NC(COC1OC(CO)C(O)C(O)C1O)C(O)C(O)CCC/C=C/CC/C=C/CCCCCCCCCCCCCCCCCC. The average Bonchev–Trinajstić information content (AvgIpc) is 2.78. The van der Waals surface area contributed by atoms with Crippen molar-refractivity contribution < 1.29 is 50.0 Å². The molecule has 1 fully saturated rings. The zero-order valence-corrected chi connectivity index (χ0v) is 57.5. The molecule has 88 heavy (non-hydrogen) atoms. The monoisotopic (exact) mass is 1240 g/mol. The summed E-state index contributed by atoms with van der Waals surface area (Å²) in [5, 5.41) is 76.6. The van der Waals surface area contributed by atoms with Gasteiger partial charge in [0.2, 0.25) is 5.91 Å². The molecule has 11 heteroatoms. The van der Waals surface area contributed by atoms with E-state index in [0.29, 0.717) is 19.3 Å². The Morgan fingerprint density at radius 2 is 0.716 bits per heavy atom. The molecule has 0 aromatic rings. The summed E-state index contributed by atoms with van der Waals surface area (Å²) >= 11 is 0. The van der Waals surface area contributed by atoms with Crippen LogP contribution >= 0.6 is 0 Å². The second kappa shape index (κ2) is 65.1. The Hall–Kier alpha value is -1.93. The fourth-order valence-electron chi connectivity index (χ4n) is 12.3. The third kappa shape index (κ3) is 51.6. The standard InChI is InChI=1S/C77H145NO10/c1-3-5-7-9-11-13-15-17-19-21-23-25-27-29-30-31-32-33-34-35-36-37-38-39-41-43-45-47-49-51-53-55-57-59-61-63-65-70(81)76(86)78-68(67-87-77-75(85)74(84)73(83)71(66-79)88-77)72(82)69(80)64-62-60-58-56-54-52-50-48-46-44-42-40-28-26-24-22-20-18-16-14-12-10-8-6-4-2/h30-31,33-34,48,50,56,58,68-75,77,79-85H,3-29,32,35-47,49,51-55,57,59-67H2,1-2H3,(H,78,86)/b31-30-,34-33-,50-48+,58-56+. The molecule has 0 radical (unpaired) electrons. The maximum absolute atomic E-state index is 13.3. The molecule has 1 aliphatic heterocycles. The van der Waals surface area contributed by atoms with Gasteiger partial charge in [-0.2, -0.15) is 0 Å². The number of aliphatic hydroxyl groups excluding tert-OH is 7. The maximum Gasteiger partial charge on any atom is 0.249 e. The van der Waals surface area contributed by atoms with Crippen LogP contribution in [0.1, 0.15) is 367 Å². The lowest BCUT2D eigenvalue weighted by molar-refractivity contribution is -0.303. The molecule has 0 aromatic heterocycles. The Balaban J connectivity index is 2.17. The fourth-order valence-corrected chi connectivity index (χ4v) is 12.3. The first-order valence-corrected chi connectivity index (χ1v) is 38.0. The number of aliphatic hydroxyl groups is 7. The summed E-state index contributed by atoms with van der Waals surface area (Å²) in [5.74, 6) is -0.706. The van der Waals surface area contributed by atoms with Crippen LogP contribution in [0.4, 0.5) is 0 Å². The van der Waals surface area contributed by atoms with E-state index in [0.717, 1.165) is 44.9 Å². The van der Waals surface area contributed by atoms with E-state index >= 15 is 0 Å². The van der Waals surface area contributed by atoms with E-state index < -0.39 is 74.2 Å². The van der Waals surface area contributed by atoms with Crippen LogP contribution in [-0.4, -0.2) is 110 Å². The summed E-state index contributed by atoms with van der Waals surface area (Å²) in [6, 6.07) is -1.19. The zero-order valence-electron chi connectivity index (χ0n) is 57.5. The number of carbonyl (C=O) groups is 1. The van der Waals surface area contributed by atoms with Crippen molar-refractivity contribution in [3.63, 3.8) is 0 Å². The molecule has 0 aromatic carbocycles. The molecule has 518 valence electrons. The lowest BCUT2D eigenvalue weighted by atomic mass is 9.98. The predicted octanol–water partition coefficient (Wildman–Crippen LogP) is 19.1. The van der Waals surface area contributed by atoms with Crippen molar-refractivity contribution in [2.75, 3.05) is 13.2 Å². The first-order chi connectivity index (χ1) is 43.2. The summed E-state index contributed by atoms with van der Waals surface area (Å²) in [5.41, 5.74) is 0. The number of unbranched alkanes of at least 4 members (excludes halogenated alkanes) is 47. The molecule has 9 unspecified atom stereocenters. The predicted molar refractivity (Wildman–Crippen MR) is 372 cm³/mol. The van der Waals surface area contributed by atoms with Crippen molar-refractivity contribution in [2.45, 2.75) is 422 Å². The summed E-state index contributed by atoms with van der Waals surface area (Å²) in [6.45, 7) is 3.49. The third-order valence-electron chi connectivity index (χ3n) is 18.3. The summed E-state index contributed by atoms with van der Waals surface area (Å²) in [7, 11) is 0. The van der Waals surface area contributed by atoms with Crippen molar-refractivity contribution in [1.29, 1.82) is 0 Å². The van der Waals surface area contributed by atoms with Gasteiger partial charge in [0, 0.05) is 0 Å². The minimum atomic E-state index is -1.67.